The summed E-state index contributed by atoms with van der Waals surface area (Å²) < 4.78 is 0. The highest BCUT2D eigenvalue weighted by Gasteiger charge is 2.12. The standard InChI is InChI=1S/C11H15N3O3/c1-6(10(15)13-2)14-9-4-3-7(11(16)17)5-8(9)12/h3-6,14H,12H2,1-2H3,(H,13,15)(H,16,17). The Morgan fingerprint density at radius 1 is 1.41 bits per heavy atom. The first-order valence-corrected chi connectivity index (χ1v) is 5.06. The van der Waals surface area contributed by atoms with E-state index in [1.807, 2.05) is 0 Å². The van der Waals surface area contributed by atoms with Gasteiger partial charge in [0.05, 0.1) is 16.9 Å². The van der Waals surface area contributed by atoms with Gasteiger partial charge in [0.1, 0.15) is 6.04 Å². The second-order valence-electron chi connectivity index (χ2n) is 3.59. The Hall–Kier alpha value is -2.24. The van der Waals surface area contributed by atoms with Gasteiger partial charge in [0.15, 0.2) is 0 Å². The molecule has 0 aliphatic carbocycles. The first kappa shape index (κ1) is 12.8. The average Bonchev–Trinajstić information content (AvgIpc) is 2.30. The molecule has 1 amide bonds. The number of aromatic carboxylic acids is 1. The smallest absolute Gasteiger partial charge is 0.335 e. The fraction of sp³-hybridized carbons (Fsp3) is 0.273. The lowest BCUT2D eigenvalue weighted by molar-refractivity contribution is -0.121. The highest BCUT2D eigenvalue weighted by molar-refractivity contribution is 5.91. The lowest BCUT2D eigenvalue weighted by Gasteiger charge is -2.15. The van der Waals surface area contributed by atoms with E-state index in [0.29, 0.717) is 11.4 Å². The number of hydrogen-bond donors (Lipinski definition) is 4. The Kier molecular flexibility index (Phi) is 3.92. The number of amides is 1. The maximum atomic E-state index is 11.3. The number of carboxylic acids is 1. The number of nitrogens with one attached hydrogen (secondary N) is 2. The van der Waals surface area contributed by atoms with E-state index >= 15 is 0 Å². The SMILES string of the molecule is CNC(=O)C(C)Nc1ccc(C(=O)O)cc1N. The number of nitrogen functional groups attached to an aromatic ring is 1. The van der Waals surface area contributed by atoms with Crippen LogP contribution in [0.4, 0.5) is 11.4 Å². The van der Waals surface area contributed by atoms with Gasteiger partial charge in [0.2, 0.25) is 5.91 Å². The lowest BCUT2D eigenvalue weighted by atomic mass is 10.1. The van der Waals surface area contributed by atoms with Gasteiger partial charge >= 0.3 is 5.97 Å². The zero-order valence-electron chi connectivity index (χ0n) is 9.65. The van der Waals surface area contributed by atoms with Gasteiger partial charge in [-0.2, -0.15) is 0 Å². The number of likely N-dealkylation sites (N-methyl/N-ethyl adjacent to an activating group) is 1. The Morgan fingerprint density at radius 3 is 2.53 bits per heavy atom. The molecule has 0 fully saturated rings. The summed E-state index contributed by atoms with van der Waals surface area (Å²) in [6, 6.07) is 3.87. The third kappa shape index (κ3) is 3.10. The topological polar surface area (TPSA) is 104 Å². The van der Waals surface area contributed by atoms with Crippen molar-refractivity contribution in [2.45, 2.75) is 13.0 Å². The first-order chi connectivity index (χ1) is 7.95. The molecular weight excluding hydrogens is 222 g/mol. The molecule has 1 aromatic rings. The first-order valence-electron chi connectivity index (χ1n) is 5.06. The second-order valence-corrected chi connectivity index (χ2v) is 3.59. The predicted octanol–water partition coefficient (Wildman–Crippen LogP) is 0.513. The van der Waals surface area contributed by atoms with Crippen LogP contribution in [0.5, 0.6) is 0 Å². The van der Waals surface area contributed by atoms with Crippen LogP contribution in [0.15, 0.2) is 18.2 Å². The van der Waals surface area contributed by atoms with E-state index in [0.717, 1.165) is 0 Å². The molecule has 0 saturated carbocycles. The summed E-state index contributed by atoms with van der Waals surface area (Å²) in [5.74, 6) is -1.21. The number of benzene rings is 1. The molecule has 6 nitrogen and oxygen atoms in total. The molecule has 0 aliphatic heterocycles. The van der Waals surface area contributed by atoms with Crippen LogP contribution in [0, 0.1) is 0 Å². The third-order valence-corrected chi connectivity index (χ3v) is 2.31. The van der Waals surface area contributed by atoms with Crippen molar-refractivity contribution in [2.75, 3.05) is 18.1 Å². The van der Waals surface area contributed by atoms with Crippen LogP contribution < -0.4 is 16.4 Å². The molecule has 0 aromatic heterocycles. The summed E-state index contributed by atoms with van der Waals surface area (Å²) in [5.41, 5.74) is 6.63. The van der Waals surface area contributed by atoms with Crippen molar-refractivity contribution in [3.8, 4) is 0 Å². The van der Waals surface area contributed by atoms with Crippen molar-refractivity contribution in [1.82, 2.24) is 5.32 Å². The van der Waals surface area contributed by atoms with E-state index in [9.17, 15) is 9.59 Å². The van der Waals surface area contributed by atoms with E-state index in [4.69, 9.17) is 10.8 Å². The quantitative estimate of drug-likeness (QED) is 0.571. The van der Waals surface area contributed by atoms with Crippen LogP contribution in [-0.4, -0.2) is 30.1 Å². The van der Waals surface area contributed by atoms with Crippen molar-refractivity contribution in [1.29, 1.82) is 0 Å². The zero-order chi connectivity index (χ0) is 13.0. The molecule has 0 heterocycles. The Labute approximate surface area is 98.8 Å². The van der Waals surface area contributed by atoms with Gasteiger partial charge in [-0.25, -0.2) is 4.79 Å². The number of rotatable bonds is 4. The largest absolute Gasteiger partial charge is 0.478 e. The maximum Gasteiger partial charge on any atom is 0.335 e. The minimum Gasteiger partial charge on any atom is -0.478 e. The number of hydrogen-bond acceptors (Lipinski definition) is 4. The minimum atomic E-state index is -1.04. The molecule has 1 rings (SSSR count). The molecule has 1 aromatic carbocycles. The molecule has 17 heavy (non-hydrogen) atoms. The molecule has 0 saturated heterocycles. The minimum absolute atomic E-state index is 0.112. The van der Waals surface area contributed by atoms with Gasteiger partial charge in [0, 0.05) is 7.05 Å². The number of nitrogens with two attached hydrogens (primary N) is 1. The zero-order valence-corrected chi connectivity index (χ0v) is 9.65. The van der Waals surface area contributed by atoms with E-state index < -0.39 is 12.0 Å². The molecular formula is C11H15N3O3. The van der Waals surface area contributed by atoms with Gasteiger partial charge in [-0.15, -0.1) is 0 Å². The maximum absolute atomic E-state index is 11.3. The number of carbonyl (C=O) groups excluding carboxylic acids is 1. The van der Waals surface area contributed by atoms with E-state index in [1.54, 1.807) is 6.92 Å². The predicted molar refractivity (Wildman–Crippen MR) is 65.0 cm³/mol. The second kappa shape index (κ2) is 5.20. The Balaban J connectivity index is 2.86. The number of anilines is 2. The molecule has 92 valence electrons. The lowest BCUT2D eigenvalue weighted by Crippen LogP contribution is -2.35. The molecule has 6 heteroatoms. The molecule has 0 radical (unpaired) electrons. The van der Waals surface area contributed by atoms with Crippen molar-refractivity contribution >= 4 is 23.3 Å². The van der Waals surface area contributed by atoms with E-state index in [2.05, 4.69) is 10.6 Å². The normalized spacial score (nSPS) is 11.6. The van der Waals surface area contributed by atoms with E-state index in [1.165, 1.54) is 25.2 Å². The Morgan fingerprint density at radius 2 is 2.06 bits per heavy atom. The van der Waals surface area contributed by atoms with Crippen molar-refractivity contribution in [2.24, 2.45) is 0 Å². The average molecular weight is 237 g/mol. The number of carboxylic acid groups (broad SMARTS) is 1. The van der Waals surface area contributed by atoms with Crippen LogP contribution in [-0.2, 0) is 4.79 Å². The van der Waals surface area contributed by atoms with Gasteiger partial charge < -0.3 is 21.5 Å². The Bertz CT molecular complexity index is 446. The van der Waals surface area contributed by atoms with Crippen molar-refractivity contribution in [3.63, 3.8) is 0 Å². The molecule has 0 bridgehead atoms. The number of carbonyl (C=O) groups is 2. The van der Waals surface area contributed by atoms with Crippen molar-refractivity contribution < 1.29 is 14.7 Å². The monoisotopic (exact) mass is 237 g/mol. The highest BCUT2D eigenvalue weighted by Crippen LogP contribution is 2.20. The summed E-state index contributed by atoms with van der Waals surface area (Å²) in [4.78, 5) is 22.0. The summed E-state index contributed by atoms with van der Waals surface area (Å²) in [6.45, 7) is 1.68. The molecule has 1 unspecified atom stereocenters. The third-order valence-electron chi connectivity index (χ3n) is 2.31. The van der Waals surface area contributed by atoms with Crippen LogP contribution in [0.3, 0.4) is 0 Å². The fourth-order valence-electron chi connectivity index (χ4n) is 1.34. The molecule has 0 spiro atoms. The summed E-state index contributed by atoms with van der Waals surface area (Å²) in [6.07, 6.45) is 0. The van der Waals surface area contributed by atoms with Crippen LogP contribution in [0.1, 0.15) is 17.3 Å². The van der Waals surface area contributed by atoms with Gasteiger partial charge in [0.25, 0.3) is 0 Å². The van der Waals surface area contributed by atoms with Gasteiger partial charge in [-0.1, -0.05) is 0 Å². The fourth-order valence-corrected chi connectivity index (χ4v) is 1.34. The summed E-state index contributed by atoms with van der Waals surface area (Å²) in [7, 11) is 1.54. The summed E-state index contributed by atoms with van der Waals surface area (Å²) in [5, 5.41) is 14.2. The van der Waals surface area contributed by atoms with Crippen molar-refractivity contribution in [3.05, 3.63) is 23.8 Å². The molecule has 5 N–H and O–H groups in total. The molecule has 1 atom stereocenters. The van der Waals surface area contributed by atoms with Crippen LogP contribution in [0.25, 0.3) is 0 Å². The van der Waals surface area contributed by atoms with Gasteiger partial charge in [-0.3, -0.25) is 4.79 Å². The van der Waals surface area contributed by atoms with Crippen LogP contribution in [0.2, 0.25) is 0 Å². The van der Waals surface area contributed by atoms with Gasteiger partial charge in [-0.05, 0) is 25.1 Å². The molecule has 0 aliphatic rings. The highest BCUT2D eigenvalue weighted by atomic mass is 16.4. The summed E-state index contributed by atoms with van der Waals surface area (Å²) >= 11 is 0. The van der Waals surface area contributed by atoms with E-state index in [-0.39, 0.29) is 11.5 Å². The van der Waals surface area contributed by atoms with Crippen LogP contribution >= 0.6 is 0 Å².